The van der Waals surface area contributed by atoms with E-state index in [1.165, 1.54) is 0 Å². The molecule has 5 nitrogen and oxygen atoms in total. The zero-order valence-corrected chi connectivity index (χ0v) is 18.2. The monoisotopic (exact) mass is 442 g/mol. The second kappa shape index (κ2) is 8.02. The maximum atomic E-state index is 12.9. The molecule has 0 saturated carbocycles. The molecule has 0 atom stereocenters. The maximum Gasteiger partial charge on any atom is 0.291 e. The number of carbonyl (C=O) groups excluding carboxylic acids is 1. The number of halogens is 1. The topological polar surface area (TPSA) is 68.3 Å². The van der Waals surface area contributed by atoms with Gasteiger partial charge in [0.15, 0.2) is 11.3 Å². The van der Waals surface area contributed by atoms with Gasteiger partial charge >= 0.3 is 0 Å². The number of aromatic nitrogens is 1. The van der Waals surface area contributed by atoms with Gasteiger partial charge in [0.2, 0.25) is 5.89 Å². The average molecular weight is 443 g/mol. The Kier molecular flexibility index (Phi) is 5.04. The van der Waals surface area contributed by atoms with Gasteiger partial charge in [-0.15, -0.1) is 0 Å². The van der Waals surface area contributed by atoms with Crippen LogP contribution in [0.3, 0.4) is 0 Å². The number of para-hydroxylation sites is 2. The lowest BCUT2D eigenvalue weighted by Gasteiger charge is -2.10. The van der Waals surface area contributed by atoms with Gasteiger partial charge in [-0.25, -0.2) is 4.98 Å². The van der Waals surface area contributed by atoms with Crippen LogP contribution in [0.2, 0.25) is 5.02 Å². The smallest absolute Gasteiger partial charge is 0.291 e. The highest BCUT2D eigenvalue weighted by Crippen LogP contribution is 2.32. The van der Waals surface area contributed by atoms with Gasteiger partial charge in [-0.1, -0.05) is 41.9 Å². The van der Waals surface area contributed by atoms with E-state index in [2.05, 4.69) is 10.3 Å². The molecule has 32 heavy (non-hydrogen) atoms. The van der Waals surface area contributed by atoms with Gasteiger partial charge in [0.1, 0.15) is 11.3 Å². The molecular formula is C26H19ClN2O3. The van der Waals surface area contributed by atoms with Crippen molar-refractivity contribution in [1.82, 2.24) is 4.98 Å². The number of furan rings is 1. The lowest BCUT2D eigenvalue weighted by atomic mass is 10.1. The number of hydrogen-bond acceptors (Lipinski definition) is 4. The molecule has 1 N–H and O–H groups in total. The van der Waals surface area contributed by atoms with Crippen molar-refractivity contribution in [2.24, 2.45) is 0 Å². The van der Waals surface area contributed by atoms with Crippen LogP contribution in [0, 0.1) is 13.8 Å². The number of oxazole rings is 1. The standard InChI is InChI=1S/C26H19ClN2O3/c1-15-17(7-5-9-19(15)27)22-13-14-24(31-22)25(30)28-20-11-6-8-18(16(20)2)26-29-21-10-3-4-12-23(21)32-26/h3-14H,1-2H3,(H,28,30). The van der Waals surface area contributed by atoms with Crippen molar-refractivity contribution in [3.63, 3.8) is 0 Å². The number of nitrogens with zero attached hydrogens (tertiary/aromatic N) is 1. The molecule has 0 aliphatic heterocycles. The summed E-state index contributed by atoms with van der Waals surface area (Å²) in [5, 5.41) is 3.58. The second-order valence-corrected chi connectivity index (χ2v) is 7.90. The molecule has 0 fully saturated rings. The Bertz CT molecular complexity index is 1430. The number of nitrogens with one attached hydrogen (secondary N) is 1. The highest BCUT2D eigenvalue weighted by molar-refractivity contribution is 6.31. The summed E-state index contributed by atoms with van der Waals surface area (Å²) in [4.78, 5) is 17.4. The largest absolute Gasteiger partial charge is 0.451 e. The molecule has 0 saturated heterocycles. The SMILES string of the molecule is Cc1c(Cl)cccc1-c1ccc(C(=O)Nc2cccc(-c3nc4ccccc4o3)c2C)o1. The first-order valence-corrected chi connectivity index (χ1v) is 10.5. The summed E-state index contributed by atoms with van der Waals surface area (Å²) in [6.45, 7) is 3.84. The van der Waals surface area contributed by atoms with E-state index in [1.807, 2.05) is 74.5 Å². The van der Waals surface area contributed by atoms with E-state index in [1.54, 1.807) is 12.1 Å². The molecular weight excluding hydrogens is 424 g/mol. The van der Waals surface area contributed by atoms with Gasteiger partial charge in [0.05, 0.1) is 0 Å². The summed E-state index contributed by atoms with van der Waals surface area (Å²) in [7, 11) is 0. The minimum atomic E-state index is -0.339. The van der Waals surface area contributed by atoms with Gasteiger partial charge in [0, 0.05) is 21.8 Å². The lowest BCUT2D eigenvalue weighted by Crippen LogP contribution is -2.12. The Hall–Kier alpha value is -3.83. The summed E-state index contributed by atoms with van der Waals surface area (Å²) in [6, 6.07) is 22.2. The fraction of sp³-hybridized carbons (Fsp3) is 0.0769. The molecule has 2 aromatic heterocycles. The quantitative estimate of drug-likeness (QED) is 0.317. The Morgan fingerprint density at radius 1 is 0.844 bits per heavy atom. The molecule has 0 aliphatic carbocycles. The maximum absolute atomic E-state index is 12.9. The van der Waals surface area contributed by atoms with Crippen molar-refractivity contribution in [1.29, 1.82) is 0 Å². The third kappa shape index (κ3) is 3.57. The Morgan fingerprint density at radius 3 is 2.47 bits per heavy atom. The third-order valence-corrected chi connectivity index (χ3v) is 5.88. The number of amides is 1. The van der Waals surface area contributed by atoms with Crippen LogP contribution < -0.4 is 5.32 Å². The number of rotatable bonds is 4. The van der Waals surface area contributed by atoms with Crippen LogP contribution in [-0.4, -0.2) is 10.9 Å². The zero-order chi connectivity index (χ0) is 22.2. The molecule has 5 aromatic rings. The van der Waals surface area contributed by atoms with Gasteiger partial charge in [-0.05, 0) is 67.4 Å². The zero-order valence-electron chi connectivity index (χ0n) is 17.5. The van der Waals surface area contributed by atoms with E-state index in [0.717, 1.165) is 33.4 Å². The van der Waals surface area contributed by atoms with E-state index in [-0.39, 0.29) is 11.7 Å². The Morgan fingerprint density at radius 2 is 1.62 bits per heavy atom. The predicted octanol–water partition coefficient (Wildman–Crippen LogP) is 7.28. The van der Waals surface area contributed by atoms with Crippen molar-refractivity contribution in [2.75, 3.05) is 5.32 Å². The van der Waals surface area contributed by atoms with Gasteiger partial charge in [0.25, 0.3) is 5.91 Å². The Labute approximate surface area is 189 Å². The van der Waals surface area contributed by atoms with Gasteiger partial charge in [-0.2, -0.15) is 0 Å². The van der Waals surface area contributed by atoms with E-state index in [0.29, 0.717) is 22.4 Å². The first kappa shape index (κ1) is 20.1. The van der Waals surface area contributed by atoms with Crippen molar-refractivity contribution < 1.29 is 13.6 Å². The number of benzene rings is 3. The van der Waals surface area contributed by atoms with E-state index in [9.17, 15) is 4.79 Å². The fourth-order valence-corrected chi connectivity index (χ4v) is 3.83. The highest BCUT2D eigenvalue weighted by atomic mass is 35.5. The number of hydrogen-bond donors (Lipinski definition) is 1. The summed E-state index contributed by atoms with van der Waals surface area (Å²) >= 11 is 6.22. The minimum absolute atomic E-state index is 0.214. The van der Waals surface area contributed by atoms with E-state index in [4.69, 9.17) is 20.4 Å². The molecule has 2 heterocycles. The number of carbonyl (C=O) groups is 1. The summed E-state index contributed by atoms with van der Waals surface area (Å²) in [5.74, 6) is 0.975. The second-order valence-electron chi connectivity index (χ2n) is 7.50. The normalized spacial score (nSPS) is 11.1. The number of fused-ring (bicyclic) bond motifs is 1. The molecule has 0 spiro atoms. The van der Waals surface area contributed by atoms with Crippen LogP contribution in [0.25, 0.3) is 33.9 Å². The molecule has 1 amide bonds. The number of anilines is 1. The molecule has 0 radical (unpaired) electrons. The van der Waals surface area contributed by atoms with Crippen molar-refractivity contribution >= 4 is 34.3 Å². The summed E-state index contributed by atoms with van der Waals surface area (Å²) in [5.41, 5.74) is 5.58. The van der Waals surface area contributed by atoms with Crippen molar-refractivity contribution in [3.8, 4) is 22.8 Å². The van der Waals surface area contributed by atoms with Gasteiger partial charge in [-0.3, -0.25) is 4.79 Å². The van der Waals surface area contributed by atoms with Crippen LogP contribution in [0.1, 0.15) is 21.7 Å². The van der Waals surface area contributed by atoms with Crippen molar-refractivity contribution in [3.05, 3.63) is 94.7 Å². The molecule has 6 heteroatoms. The van der Waals surface area contributed by atoms with Crippen LogP contribution in [0.15, 0.2) is 81.6 Å². The molecule has 0 aliphatic rings. The molecule has 0 unspecified atom stereocenters. The predicted molar refractivity (Wildman–Crippen MR) is 126 cm³/mol. The average Bonchev–Trinajstić information content (AvgIpc) is 3.44. The summed E-state index contributed by atoms with van der Waals surface area (Å²) < 4.78 is 11.7. The van der Waals surface area contributed by atoms with E-state index >= 15 is 0 Å². The first-order valence-electron chi connectivity index (χ1n) is 10.1. The van der Waals surface area contributed by atoms with Crippen LogP contribution in [0.4, 0.5) is 5.69 Å². The summed E-state index contributed by atoms with van der Waals surface area (Å²) in [6.07, 6.45) is 0. The minimum Gasteiger partial charge on any atom is -0.451 e. The molecule has 0 bridgehead atoms. The van der Waals surface area contributed by atoms with Crippen LogP contribution in [0.5, 0.6) is 0 Å². The Balaban J connectivity index is 1.42. The van der Waals surface area contributed by atoms with E-state index < -0.39 is 0 Å². The van der Waals surface area contributed by atoms with Crippen LogP contribution in [-0.2, 0) is 0 Å². The highest BCUT2D eigenvalue weighted by Gasteiger charge is 2.17. The first-order chi connectivity index (χ1) is 15.5. The fourth-order valence-electron chi connectivity index (χ4n) is 3.65. The van der Waals surface area contributed by atoms with Crippen molar-refractivity contribution in [2.45, 2.75) is 13.8 Å². The third-order valence-electron chi connectivity index (χ3n) is 5.47. The molecule has 3 aromatic carbocycles. The molecule has 158 valence electrons. The van der Waals surface area contributed by atoms with Crippen LogP contribution >= 0.6 is 11.6 Å². The lowest BCUT2D eigenvalue weighted by molar-refractivity contribution is 0.0997. The molecule has 5 rings (SSSR count). The van der Waals surface area contributed by atoms with Gasteiger partial charge < -0.3 is 14.2 Å².